The molecule has 1 amide bonds. The van der Waals surface area contributed by atoms with Gasteiger partial charge in [0.05, 0.1) is 5.56 Å². The fourth-order valence-electron chi connectivity index (χ4n) is 2.54. The van der Waals surface area contributed by atoms with E-state index in [0.717, 1.165) is 37.6 Å². The number of rotatable bonds is 1. The number of carbonyl (C=O) groups excluding carboxylic acids is 1. The van der Waals surface area contributed by atoms with Crippen LogP contribution in [0.3, 0.4) is 0 Å². The lowest BCUT2D eigenvalue weighted by Crippen LogP contribution is -2.41. The van der Waals surface area contributed by atoms with E-state index in [1.165, 1.54) is 4.90 Å². The van der Waals surface area contributed by atoms with E-state index in [-0.39, 0.29) is 11.5 Å². The maximum absolute atomic E-state index is 12.8. The van der Waals surface area contributed by atoms with Gasteiger partial charge in [-0.15, -0.1) is 0 Å². The van der Waals surface area contributed by atoms with Gasteiger partial charge in [0.2, 0.25) is 5.82 Å². The topological polar surface area (TPSA) is 81.2 Å². The Morgan fingerprint density at radius 3 is 2.58 bits per heavy atom. The van der Waals surface area contributed by atoms with Crippen LogP contribution in [0.25, 0.3) is 11.5 Å². The summed E-state index contributed by atoms with van der Waals surface area (Å²) in [6.07, 6.45) is -1.08. The molecule has 0 N–H and O–H groups in total. The number of carbonyl (C=O) groups is 1. The van der Waals surface area contributed by atoms with Gasteiger partial charge >= 0.3 is 18.0 Å². The molecule has 0 spiro atoms. The highest BCUT2D eigenvalue weighted by Gasteiger charge is 2.32. The molecule has 0 saturated carbocycles. The smallest absolute Gasteiger partial charge is 0.324 e. The predicted octanol–water partition coefficient (Wildman–Crippen LogP) is 2.37. The van der Waals surface area contributed by atoms with Crippen LogP contribution in [0.1, 0.15) is 24.8 Å². The summed E-state index contributed by atoms with van der Waals surface area (Å²) in [7, 11) is 0. The van der Waals surface area contributed by atoms with Crippen molar-refractivity contribution in [3.8, 4) is 11.5 Å². The number of hydrogen-bond donors (Lipinski definition) is 0. The molecule has 2 aromatic heterocycles. The van der Waals surface area contributed by atoms with Crippen molar-refractivity contribution in [2.45, 2.75) is 25.4 Å². The van der Waals surface area contributed by atoms with Crippen LogP contribution in [0.15, 0.2) is 27.6 Å². The van der Waals surface area contributed by atoms with Crippen molar-refractivity contribution in [2.75, 3.05) is 13.1 Å². The van der Waals surface area contributed by atoms with Gasteiger partial charge in [-0.1, -0.05) is 5.16 Å². The molecule has 128 valence electrons. The molecule has 3 heterocycles. The van der Waals surface area contributed by atoms with Crippen LogP contribution in [-0.2, 0) is 6.18 Å². The minimum atomic E-state index is -4.58. The summed E-state index contributed by atoms with van der Waals surface area (Å²) in [5.74, 6) is -1.40. The van der Waals surface area contributed by atoms with Gasteiger partial charge < -0.3 is 4.90 Å². The maximum Gasteiger partial charge on any atom is 0.450 e. The van der Waals surface area contributed by atoms with Gasteiger partial charge in [-0.25, -0.2) is 9.59 Å². The summed E-state index contributed by atoms with van der Waals surface area (Å²) in [4.78, 5) is 29.5. The number of nitrogens with zero attached hydrogens (tertiary/aromatic N) is 4. The highest BCUT2D eigenvalue weighted by Crippen LogP contribution is 2.30. The monoisotopic (exact) mass is 342 g/mol. The number of alkyl halides is 3. The third kappa shape index (κ3) is 3.03. The van der Waals surface area contributed by atoms with E-state index in [4.69, 9.17) is 0 Å². The minimum Gasteiger partial charge on any atom is -0.324 e. The quantitative estimate of drug-likeness (QED) is 0.795. The molecule has 1 fully saturated rings. The van der Waals surface area contributed by atoms with Gasteiger partial charge in [0.1, 0.15) is 5.69 Å². The van der Waals surface area contributed by atoms with Crippen LogP contribution in [0, 0.1) is 0 Å². The van der Waals surface area contributed by atoms with Gasteiger partial charge in [0.25, 0.3) is 0 Å². The first-order valence-corrected chi connectivity index (χ1v) is 7.29. The summed E-state index contributed by atoms with van der Waals surface area (Å²) in [6.45, 7) is 0.928. The van der Waals surface area contributed by atoms with E-state index in [0.29, 0.717) is 17.7 Å². The Morgan fingerprint density at radius 1 is 1.21 bits per heavy atom. The Balaban J connectivity index is 2.01. The lowest BCUT2D eigenvalue weighted by molar-refractivity contribution is -0.137. The number of pyridine rings is 1. The second-order valence-corrected chi connectivity index (χ2v) is 5.37. The first kappa shape index (κ1) is 16.2. The molecule has 3 rings (SSSR count). The van der Waals surface area contributed by atoms with Gasteiger partial charge in [0, 0.05) is 19.3 Å². The molecule has 2 aromatic rings. The minimum absolute atomic E-state index is 0.263. The van der Waals surface area contributed by atoms with Crippen molar-refractivity contribution in [3.05, 3.63) is 34.4 Å². The summed E-state index contributed by atoms with van der Waals surface area (Å²) >= 11 is 0. The molecule has 1 saturated heterocycles. The van der Waals surface area contributed by atoms with Crippen molar-refractivity contribution < 1.29 is 22.5 Å². The fraction of sp³-hybridized carbons (Fsp3) is 0.429. The zero-order chi connectivity index (χ0) is 17.3. The molecule has 0 aromatic carbocycles. The lowest BCUT2D eigenvalue weighted by Gasteiger charge is -2.26. The van der Waals surface area contributed by atoms with Crippen molar-refractivity contribution >= 4 is 6.03 Å². The number of likely N-dealkylation sites (tertiary alicyclic amines) is 1. The fourth-order valence-corrected chi connectivity index (χ4v) is 2.54. The second-order valence-electron chi connectivity index (χ2n) is 5.37. The van der Waals surface area contributed by atoms with Gasteiger partial charge in [-0.3, -0.25) is 9.51 Å². The largest absolute Gasteiger partial charge is 0.450 e. The summed E-state index contributed by atoms with van der Waals surface area (Å²) in [5.41, 5.74) is -1.22. The normalized spacial score (nSPS) is 15.5. The van der Waals surface area contributed by atoms with Crippen molar-refractivity contribution in [2.24, 2.45) is 0 Å². The van der Waals surface area contributed by atoms with E-state index < -0.39 is 23.5 Å². The van der Waals surface area contributed by atoms with Gasteiger partial charge in [0.15, 0.2) is 0 Å². The van der Waals surface area contributed by atoms with E-state index >= 15 is 0 Å². The summed E-state index contributed by atoms with van der Waals surface area (Å²) in [6, 6.07) is 0.839. The van der Waals surface area contributed by atoms with Crippen LogP contribution >= 0.6 is 0 Å². The average Bonchev–Trinajstić information content (AvgIpc) is 2.96. The molecule has 24 heavy (non-hydrogen) atoms. The molecule has 0 bridgehead atoms. The standard InChI is InChI=1S/C14H13F3N4O3/c15-14(16,17)9-4-5-18-10(8-9)11-19-24-13(23)21(11)12(22)20-6-2-1-3-7-20/h4-5,8H,1-3,6-7H2. The molecule has 1 aliphatic rings. The molecular weight excluding hydrogens is 329 g/mol. The molecule has 0 radical (unpaired) electrons. The summed E-state index contributed by atoms with van der Waals surface area (Å²) < 4.78 is 43.6. The van der Waals surface area contributed by atoms with Gasteiger partial charge in [-0.2, -0.15) is 17.7 Å². The SMILES string of the molecule is O=C(N1CCCCC1)n1c(-c2cc(C(F)(F)F)ccn2)noc1=O. The Kier molecular flexibility index (Phi) is 4.12. The molecular formula is C14H13F3N4O3. The van der Waals surface area contributed by atoms with E-state index in [9.17, 15) is 22.8 Å². The van der Waals surface area contributed by atoms with Crippen LogP contribution in [0.5, 0.6) is 0 Å². The first-order valence-electron chi connectivity index (χ1n) is 7.29. The third-order valence-electron chi connectivity index (χ3n) is 3.74. The Labute approximate surface area is 133 Å². The van der Waals surface area contributed by atoms with E-state index in [1.54, 1.807) is 0 Å². The zero-order valence-corrected chi connectivity index (χ0v) is 12.4. The molecule has 0 atom stereocenters. The second kappa shape index (κ2) is 6.10. The van der Waals surface area contributed by atoms with Crippen LogP contribution in [-0.4, -0.2) is 38.7 Å². The van der Waals surface area contributed by atoms with Crippen molar-refractivity contribution in [1.82, 2.24) is 19.6 Å². The maximum atomic E-state index is 12.8. The highest BCUT2D eigenvalue weighted by atomic mass is 19.4. The number of hydrogen-bond acceptors (Lipinski definition) is 5. The van der Waals surface area contributed by atoms with E-state index in [1.807, 2.05) is 0 Å². The van der Waals surface area contributed by atoms with E-state index in [2.05, 4.69) is 14.7 Å². The molecule has 10 heteroatoms. The number of amides is 1. The first-order chi connectivity index (χ1) is 11.4. The Morgan fingerprint density at radius 2 is 1.92 bits per heavy atom. The van der Waals surface area contributed by atoms with Crippen LogP contribution in [0.2, 0.25) is 0 Å². The lowest BCUT2D eigenvalue weighted by atomic mass is 10.1. The number of piperidine rings is 1. The molecule has 7 nitrogen and oxygen atoms in total. The van der Waals surface area contributed by atoms with Gasteiger partial charge in [-0.05, 0) is 31.4 Å². The third-order valence-corrected chi connectivity index (χ3v) is 3.74. The summed E-state index contributed by atoms with van der Waals surface area (Å²) in [5, 5.41) is 3.42. The Hall–Kier alpha value is -2.65. The number of aromatic nitrogens is 3. The zero-order valence-electron chi connectivity index (χ0n) is 12.4. The number of halogens is 3. The highest BCUT2D eigenvalue weighted by molar-refractivity contribution is 5.80. The van der Waals surface area contributed by atoms with Crippen molar-refractivity contribution in [1.29, 1.82) is 0 Å². The molecule has 0 unspecified atom stereocenters. The van der Waals surface area contributed by atoms with Crippen molar-refractivity contribution in [3.63, 3.8) is 0 Å². The average molecular weight is 342 g/mol. The van der Waals surface area contributed by atoms with Crippen LogP contribution < -0.4 is 5.76 Å². The molecule has 0 aliphatic carbocycles. The van der Waals surface area contributed by atoms with Crippen LogP contribution in [0.4, 0.5) is 18.0 Å². The predicted molar refractivity (Wildman–Crippen MR) is 75.2 cm³/mol. The Bertz CT molecular complexity index is 806. The molecule has 1 aliphatic heterocycles.